The molecule has 5 heteroatoms. The number of pyridine rings is 1. The molecule has 3 aromatic rings. The Morgan fingerprint density at radius 2 is 1.68 bits per heavy atom. The van der Waals surface area contributed by atoms with E-state index in [1.807, 2.05) is 42.5 Å². The second-order valence-electron chi connectivity index (χ2n) is 4.77. The van der Waals surface area contributed by atoms with Gasteiger partial charge in [-0.05, 0) is 34.5 Å². The first-order chi connectivity index (χ1) is 10.5. The summed E-state index contributed by atoms with van der Waals surface area (Å²) in [6, 6.07) is 17.0. The maximum Gasteiger partial charge on any atom is 0.442 e. The molecule has 1 nitrogen and oxygen atoms in total. The van der Waals surface area contributed by atoms with Crippen molar-refractivity contribution in [3.63, 3.8) is 0 Å². The Morgan fingerprint density at radius 1 is 0.909 bits per heavy atom. The molecule has 112 valence electrons. The van der Waals surface area contributed by atoms with Crippen molar-refractivity contribution in [2.75, 3.05) is 0 Å². The minimum atomic E-state index is -4.24. The molecule has 0 spiro atoms. The average molecular weight is 319 g/mol. The van der Waals surface area contributed by atoms with E-state index in [4.69, 9.17) is 0 Å². The first kappa shape index (κ1) is 14.9. The molecule has 1 heterocycles. The van der Waals surface area contributed by atoms with Crippen molar-refractivity contribution >= 4 is 22.7 Å². The molecule has 1 aromatic heterocycles. The maximum atomic E-state index is 12.4. The van der Waals surface area contributed by atoms with Gasteiger partial charge in [0.25, 0.3) is 0 Å². The van der Waals surface area contributed by atoms with Crippen LogP contribution in [0.1, 0.15) is 5.56 Å². The van der Waals surface area contributed by atoms with E-state index in [-0.39, 0.29) is 17.5 Å². The van der Waals surface area contributed by atoms with Gasteiger partial charge in [-0.1, -0.05) is 48.5 Å². The van der Waals surface area contributed by atoms with Crippen molar-refractivity contribution in [1.29, 1.82) is 0 Å². The zero-order valence-corrected chi connectivity index (χ0v) is 12.3. The lowest BCUT2D eigenvalue weighted by molar-refractivity contribution is -0.0329. The van der Waals surface area contributed by atoms with Crippen LogP contribution in [0.25, 0.3) is 22.0 Å². The van der Waals surface area contributed by atoms with Gasteiger partial charge in [-0.3, -0.25) is 4.98 Å². The van der Waals surface area contributed by atoms with E-state index in [9.17, 15) is 13.2 Å². The molecular formula is C17H12F3NS. The van der Waals surface area contributed by atoms with Gasteiger partial charge in [0.2, 0.25) is 0 Å². The third-order valence-corrected chi connectivity index (χ3v) is 4.11. The van der Waals surface area contributed by atoms with E-state index in [1.54, 1.807) is 18.3 Å². The zero-order chi connectivity index (χ0) is 15.6. The molecule has 0 N–H and O–H groups in total. The lowest BCUT2D eigenvalue weighted by atomic mass is 10.00. The van der Waals surface area contributed by atoms with E-state index in [2.05, 4.69) is 4.98 Å². The SMILES string of the molecule is FC(F)(F)SCc1cccc2c(-c3ccccc3)ccnc12. The summed E-state index contributed by atoms with van der Waals surface area (Å²) < 4.78 is 37.3. The monoisotopic (exact) mass is 319 g/mol. The highest BCUT2D eigenvalue weighted by molar-refractivity contribution is 7.99. The number of para-hydroxylation sites is 1. The van der Waals surface area contributed by atoms with Crippen LogP contribution >= 0.6 is 11.8 Å². The van der Waals surface area contributed by atoms with Crippen molar-refractivity contribution in [2.24, 2.45) is 0 Å². The standard InChI is InChI=1S/C17H12F3NS/c18-17(19,20)22-11-13-7-4-8-15-14(9-10-21-16(13)15)12-5-2-1-3-6-12/h1-10H,11H2. The van der Waals surface area contributed by atoms with Crippen molar-refractivity contribution in [3.05, 3.63) is 66.4 Å². The van der Waals surface area contributed by atoms with Crippen molar-refractivity contribution in [2.45, 2.75) is 11.3 Å². The first-order valence-corrected chi connectivity index (χ1v) is 7.66. The number of fused-ring (bicyclic) bond motifs is 1. The van der Waals surface area contributed by atoms with E-state index in [1.165, 1.54) is 0 Å². The number of hydrogen-bond donors (Lipinski definition) is 0. The van der Waals surface area contributed by atoms with Crippen LogP contribution in [0.3, 0.4) is 0 Å². The van der Waals surface area contributed by atoms with E-state index in [0.29, 0.717) is 11.1 Å². The normalized spacial score (nSPS) is 11.8. The topological polar surface area (TPSA) is 12.9 Å². The second kappa shape index (κ2) is 6.01. The highest BCUT2D eigenvalue weighted by Gasteiger charge is 2.28. The van der Waals surface area contributed by atoms with Crippen LogP contribution in [0.4, 0.5) is 13.2 Å². The maximum absolute atomic E-state index is 12.4. The van der Waals surface area contributed by atoms with Crippen LogP contribution in [-0.4, -0.2) is 10.5 Å². The average Bonchev–Trinajstić information content (AvgIpc) is 2.52. The molecule has 3 rings (SSSR count). The van der Waals surface area contributed by atoms with Gasteiger partial charge >= 0.3 is 5.51 Å². The van der Waals surface area contributed by atoms with E-state index < -0.39 is 5.51 Å². The lowest BCUT2D eigenvalue weighted by Crippen LogP contribution is -2.01. The summed E-state index contributed by atoms with van der Waals surface area (Å²) in [7, 11) is 0. The van der Waals surface area contributed by atoms with Crippen LogP contribution in [-0.2, 0) is 5.75 Å². The van der Waals surface area contributed by atoms with E-state index >= 15 is 0 Å². The second-order valence-corrected chi connectivity index (χ2v) is 5.81. The van der Waals surface area contributed by atoms with Gasteiger partial charge < -0.3 is 0 Å². The Hall–Kier alpha value is -2.01. The van der Waals surface area contributed by atoms with Crippen molar-refractivity contribution < 1.29 is 13.2 Å². The minimum Gasteiger partial charge on any atom is -0.256 e. The molecule has 0 bridgehead atoms. The largest absolute Gasteiger partial charge is 0.442 e. The number of halogens is 3. The molecule has 0 saturated carbocycles. The molecule has 0 fully saturated rings. The number of rotatable bonds is 3. The summed E-state index contributed by atoms with van der Waals surface area (Å²) in [4.78, 5) is 4.29. The van der Waals surface area contributed by atoms with Crippen LogP contribution < -0.4 is 0 Å². The summed E-state index contributed by atoms with van der Waals surface area (Å²) in [5, 5.41) is 0.869. The van der Waals surface area contributed by atoms with Gasteiger partial charge in [0.15, 0.2) is 0 Å². The first-order valence-electron chi connectivity index (χ1n) is 6.67. The minimum absolute atomic E-state index is 0.0368. The number of aromatic nitrogens is 1. The molecule has 0 unspecified atom stereocenters. The van der Waals surface area contributed by atoms with Gasteiger partial charge in [0, 0.05) is 17.3 Å². The van der Waals surface area contributed by atoms with Gasteiger partial charge in [-0.15, -0.1) is 0 Å². The fraction of sp³-hybridized carbons (Fsp3) is 0.118. The van der Waals surface area contributed by atoms with E-state index in [0.717, 1.165) is 16.5 Å². The Labute approximate surface area is 130 Å². The van der Waals surface area contributed by atoms with Gasteiger partial charge in [0.1, 0.15) is 0 Å². The van der Waals surface area contributed by atoms with Gasteiger partial charge in [0.05, 0.1) is 5.52 Å². The number of thioether (sulfide) groups is 1. The summed E-state index contributed by atoms with van der Waals surface area (Å²) >= 11 is -0.0368. The number of benzene rings is 2. The predicted molar refractivity (Wildman–Crippen MR) is 84.5 cm³/mol. The fourth-order valence-electron chi connectivity index (χ4n) is 2.38. The molecule has 2 aromatic carbocycles. The molecule has 0 aliphatic carbocycles. The molecule has 0 radical (unpaired) electrons. The zero-order valence-electron chi connectivity index (χ0n) is 11.5. The van der Waals surface area contributed by atoms with Crippen molar-refractivity contribution in [1.82, 2.24) is 4.98 Å². The van der Waals surface area contributed by atoms with Gasteiger partial charge in [-0.25, -0.2) is 0 Å². The quantitative estimate of drug-likeness (QED) is 0.618. The molecule has 0 amide bonds. The lowest BCUT2D eigenvalue weighted by Gasteiger charge is -2.11. The Kier molecular flexibility index (Phi) is 4.07. The smallest absolute Gasteiger partial charge is 0.256 e. The van der Waals surface area contributed by atoms with Crippen LogP contribution in [0.2, 0.25) is 0 Å². The third-order valence-electron chi connectivity index (χ3n) is 3.33. The molecule has 0 aliphatic rings. The number of hydrogen-bond acceptors (Lipinski definition) is 2. The van der Waals surface area contributed by atoms with Gasteiger partial charge in [-0.2, -0.15) is 13.2 Å². The Bertz CT molecular complexity index is 785. The van der Waals surface area contributed by atoms with Crippen molar-refractivity contribution in [3.8, 4) is 11.1 Å². The predicted octanol–water partition coefficient (Wildman–Crippen LogP) is 5.65. The molecule has 22 heavy (non-hydrogen) atoms. The number of nitrogens with zero attached hydrogens (tertiary/aromatic N) is 1. The highest BCUT2D eigenvalue weighted by Crippen LogP contribution is 2.35. The Balaban J connectivity index is 2.07. The number of alkyl halides is 3. The third kappa shape index (κ3) is 3.25. The molecular weight excluding hydrogens is 307 g/mol. The molecule has 0 saturated heterocycles. The van der Waals surface area contributed by atoms with Crippen LogP contribution in [0.15, 0.2) is 60.8 Å². The fourth-order valence-corrected chi connectivity index (χ4v) is 2.93. The Morgan fingerprint density at radius 3 is 2.41 bits per heavy atom. The summed E-state index contributed by atoms with van der Waals surface area (Å²) in [5.41, 5.74) is -1.02. The molecule has 0 aliphatic heterocycles. The summed E-state index contributed by atoms with van der Waals surface area (Å²) in [5.74, 6) is -0.133. The highest BCUT2D eigenvalue weighted by atomic mass is 32.2. The molecule has 0 atom stereocenters. The van der Waals surface area contributed by atoms with Crippen LogP contribution in [0, 0.1) is 0 Å². The summed E-state index contributed by atoms with van der Waals surface area (Å²) in [6.07, 6.45) is 1.65. The van der Waals surface area contributed by atoms with Crippen LogP contribution in [0.5, 0.6) is 0 Å². The summed E-state index contributed by atoms with van der Waals surface area (Å²) in [6.45, 7) is 0.